The van der Waals surface area contributed by atoms with Crippen LogP contribution in [0, 0.1) is 17.8 Å². The predicted octanol–water partition coefficient (Wildman–Crippen LogP) is -0.125. The van der Waals surface area contributed by atoms with Gasteiger partial charge < -0.3 is 0 Å². The molecule has 2 aliphatic rings. The normalized spacial score (nSPS) is 40.9. The summed E-state index contributed by atoms with van der Waals surface area (Å²) in [4.78, 5) is 14.6. The van der Waals surface area contributed by atoms with Gasteiger partial charge in [-0.25, -0.2) is 0 Å². The minimum atomic E-state index is -0.337. The monoisotopic (exact) mass is 463 g/mol. The molecule has 0 aromatic rings. The molecule has 2 rings (SSSR count). The zero-order valence-electron chi connectivity index (χ0n) is 10.9. The summed E-state index contributed by atoms with van der Waals surface area (Å²) in [6.07, 6.45) is 2.37. The summed E-state index contributed by atoms with van der Waals surface area (Å²) in [6, 6.07) is 0. The van der Waals surface area contributed by atoms with Crippen LogP contribution in [0.15, 0.2) is 0 Å². The van der Waals surface area contributed by atoms with Crippen molar-refractivity contribution >= 4 is 28.6 Å². The molecule has 0 aromatic carbocycles. The average Bonchev–Trinajstić information content (AvgIpc) is 2.71. The Kier molecular flexibility index (Phi) is 4.33. The maximum atomic E-state index is 12.2. The molecule has 0 saturated heterocycles. The molecule has 0 spiro atoms. The van der Waals surface area contributed by atoms with Gasteiger partial charge in [-0.3, -0.25) is 0 Å². The molecule has 0 aromatic heterocycles. The van der Waals surface area contributed by atoms with Gasteiger partial charge in [0.25, 0.3) is 0 Å². The second-order valence-corrected chi connectivity index (χ2v) is 10.3. The van der Waals surface area contributed by atoms with Crippen LogP contribution in [0.4, 0.5) is 0 Å². The van der Waals surface area contributed by atoms with Gasteiger partial charge in [0.1, 0.15) is 0 Å². The van der Waals surface area contributed by atoms with Gasteiger partial charge in [0.15, 0.2) is 0 Å². The number of hydrogen-bond donors (Lipinski definition) is 0. The molecule has 0 aliphatic heterocycles. The number of halogens is 2. The Morgan fingerprint density at radius 2 is 2.00 bits per heavy atom. The van der Waals surface area contributed by atoms with E-state index < -0.39 is 0 Å². The molecule has 2 aliphatic carbocycles. The van der Waals surface area contributed by atoms with E-state index >= 15 is 0 Å². The van der Waals surface area contributed by atoms with Gasteiger partial charge in [0.2, 0.25) is 0 Å². The van der Waals surface area contributed by atoms with Gasteiger partial charge in [-0.2, -0.15) is 0 Å². The maximum absolute atomic E-state index is 12.2. The number of carbonyl (C=O) groups is 1. The summed E-state index contributed by atoms with van der Waals surface area (Å²) >= 11 is 2.91. The third-order valence-electron chi connectivity index (χ3n) is 3.77. The molecule has 17 heavy (non-hydrogen) atoms. The van der Waals surface area contributed by atoms with Crippen LogP contribution in [-0.2, 0) is 9.53 Å². The van der Waals surface area contributed by atoms with Gasteiger partial charge in [0, 0.05) is 0 Å². The van der Waals surface area contributed by atoms with Gasteiger partial charge in [0.05, 0.1) is 0 Å². The number of carbonyl (C=O) groups excluding carboxylic acids is 1. The van der Waals surface area contributed by atoms with Crippen molar-refractivity contribution < 1.29 is 30.7 Å². The molecule has 2 nitrogen and oxygen atoms in total. The van der Waals surface area contributed by atoms with Crippen LogP contribution >= 0.6 is 22.6 Å². The fraction of sp³-hybridized carbons (Fsp3) is 0.923. The zero-order chi connectivity index (χ0) is 12.8. The second kappa shape index (κ2) is 5.13. The van der Waals surface area contributed by atoms with E-state index in [2.05, 4.69) is 27.5 Å². The number of rotatable bonds is 2. The predicted molar refractivity (Wildman–Crippen MR) is 73.1 cm³/mol. The molecular formula is C13H21I2O2-. The fourth-order valence-electron chi connectivity index (χ4n) is 3.17. The van der Waals surface area contributed by atoms with E-state index in [1.165, 1.54) is 6.42 Å². The standard InChI is InChI=1S/C13H21I2O2/c1-13(2,3)17-12(16)9-6-7-5-8(9)10(14)11(7)15-4/h7-11H,5-6H2,1-4H3/q-1. The van der Waals surface area contributed by atoms with Crippen molar-refractivity contribution in [1.29, 1.82) is 0 Å². The first-order valence-corrected chi connectivity index (χ1v) is 10.8. The molecule has 0 amide bonds. The Balaban J connectivity index is 2.01. The van der Waals surface area contributed by atoms with Crippen molar-refractivity contribution in [2.24, 2.45) is 17.8 Å². The molecule has 0 heterocycles. The first kappa shape index (κ1) is 14.3. The summed E-state index contributed by atoms with van der Waals surface area (Å²) in [5, 5.41) is 0. The van der Waals surface area contributed by atoms with Crippen LogP contribution in [0.1, 0.15) is 33.6 Å². The van der Waals surface area contributed by atoms with E-state index in [-0.39, 0.29) is 17.5 Å². The van der Waals surface area contributed by atoms with E-state index in [9.17, 15) is 4.79 Å². The average molecular weight is 463 g/mol. The Hall–Kier alpha value is 0.930. The number of alkyl halides is 3. The van der Waals surface area contributed by atoms with Crippen molar-refractivity contribution in [3.05, 3.63) is 0 Å². The Morgan fingerprint density at radius 1 is 1.35 bits per heavy atom. The van der Waals surface area contributed by atoms with Crippen LogP contribution in [0.3, 0.4) is 0 Å². The van der Waals surface area contributed by atoms with Crippen molar-refractivity contribution in [1.82, 2.24) is 0 Å². The van der Waals surface area contributed by atoms with Crippen molar-refractivity contribution in [2.45, 2.75) is 47.1 Å². The van der Waals surface area contributed by atoms with Crippen molar-refractivity contribution in [2.75, 3.05) is 4.93 Å². The van der Waals surface area contributed by atoms with Gasteiger partial charge in [-0.15, -0.1) is 0 Å². The van der Waals surface area contributed by atoms with Crippen molar-refractivity contribution in [3.8, 4) is 0 Å². The van der Waals surface area contributed by atoms with Crippen molar-refractivity contribution in [3.63, 3.8) is 0 Å². The van der Waals surface area contributed by atoms with Gasteiger partial charge in [-0.05, 0) is 0 Å². The molecule has 2 bridgehead atoms. The first-order chi connectivity index (χ1) is 7.83. The Labute approximate surface area is 128 Å². The van der Waals surface area contributed by atoms with Crippen LogP contribution < -0.4 is 21.2 Å². The minimum absolute atomic E-state index is 0.0550. The van der Waals surface area contributed by atoms with E-state index in [0.29, 0.717) is 27.1 Å². The van der Waals surface area contributed by atoms with Crippen LogP contribution in [0.5, 0.6) is 0 Å². The second-order valence-electron chi connectivity index (χ2n) is 6.14. The van der Waals surface area contributed by atoms with E-state index in [1.807, 2.05) is 20.8 Å². The number of ether oxygens (including phenoxy) is 1. The van der Waals surface area contributed by atoms with Crippen LogP contribution in [-0.4, -0.2) is 24.4 Å². The van der Waals surface area contributed by atoms with Gasteiger partial charge >= 0.3 is 129 Å². The summed E-state index contributed by atoms with van der Waals surface area (Å²) in [5.74, 6) is 1.66. The molecule has 4 heteroatoms. The molecule has 2 fully saturated rings. The molecule has 0 radical (unpaired) electrons. The summed E-state index contributed by atoms with van der Waals surface area (Å²) in [5.41, 5.74) is -0.337. The molecule has 100 valence electrons. The topological polar surface area (TPSA) is 26.3 Å². The van der Waals surface area contributed by atoms with Crippen LogP contribution in [0.2, 0.25) is 0 Å². The molecule has 5 unspecified atom stereocenters. The van der Waals surface area contributed by atoms with E-state index in [0.717, 1.165) is 20.2 Å². The Morgan fingerprint density at radius 3 is 2.47 bits per heavy atom. The molecule has 5 atom stereocenters. The molecule has 0 N–H and O–H groups in total. The number of esters is 1. The number of hydrogen-bond acceptors (Lipinski definition) is 2. The summed E-state index contributed by atoms with van der Waals surface area (Å²) < 4.78 is 7.22. The quantitative estimate of drug-likeness (QED) is 0.325. The third-order valence-corrected chi connectivity index (χ3v) is 10.1. The van der Waals surface area contributed by atoms with Crippen LogP contribution in [0.25, 0.3) is 0 Å². The Bertz CT molecular complexity index is 309. The SMILES string of the molecule is C[I-]C1C2CC(C(=O)OC(C)(C)C)C(C2)C1I. The molecular weight excluding hydrogens is 442 g/mol. The number of fused-ring (bicyclic) bond motifs is 2. The van der Waals surface area contributed by atoms with E-state index in [4.69, 9.17) is 4.74 Å². The fourth-order valence-corrected chi connectivity index (χ4v) is 9.20. The summed E-state index contributed by atoms with van der Waals surface area (Å²) in [6.45, 7) is 5.87. The first-order valence-electron chi connectivity index (χ1n) is 6.18. The van der Waals surface area contributed by atoms with E-state index in [1.54, 1.807) is 0 Å². The zero-order valence-corrected chi connectivity index (χ0v) is 15.2. The summed E-state index contributed by atoms with van der Waals surface area (Å²) in [7, 11) is 0. The molecule has 2 saturated carbocycles. The van der Waals surface area contributed by atoms with Gasteiger partial charge in [-0.1, -0.05) is 0 Å². The third kappa shape index (κ3) is 2.92.